The highest BCUT2D eigenvalue weighted by molar-refractivity contribution is 6.20. The smallest absolute Gasteiger partial charge is 0.159 e. The fraction of sp³-hybridized carbons (Fsp3) is 0. The zero-order valence-corrected chi connectivity index (χ0v) is 20.6. The van der Waals surface area contributed by atoms with Gasteiger partial charge in [0.2, 0.25) is 0 Å². The van der Waals surface area contributed by atoms with Gasteiger partial charge >= 0.3 is 0 Å². The van der Waals surface area contributed by atoms with E-state index in [-0.39, 0.29) is 0 Å². The Balaban J connectivity index is 1.45. The summed E-state index contributed by atoms with van der Waals surface area (Å²) in [5.41, 5.74) is 5.03. The monoisotopic (exact) mass is 485 g/mol. The van der Waals surface area contributed by atoms with Crippen LogP contribution >= 0.6 is 0 Å². The standard InChI is InChI=1S/C36H23NO/c1-2-11-25(12-3-1)37(34-18-9-16-32-31-14-6-7-19-35(31)38-36(32)34)33-17-8-15-27-29-21-20-24-10-4-5-13-26(24)28(29)22-23-30(27)33/h1-23H. The molecular weight excluding hydrogens is 462 g/mol. The molecule has 2 heteroatoms. The van der Waals surface area contributed by atoms with Gasteiger partial charge in [-0.2, -0.15) is 0 Å². The van der Waals surface area contributed by atoms with Gasteiger partial charge in [-0.05, 0) is 57.3 Å². The van der Waals surface area contributed by atoms with Crippen LogP contribution in [-0.2, 0) is 0 Å². The molecule has 0 N–H and O–H groups in total. The molecular formula is C36H23NO. The third kappa shape index (κ3) is 3.07. The number of furan rings is 1. The molecule has 0 saturated heterocycles. The van der Waals surface area contributed by atoms with Crippen LogP contribution in [0.15, 0.2) is 144 Å². The first-order chi connectivity index (χ1) is 18.9. The first-order valence-electron chi connectivity index (χ1n) is 13.0. The van der Waals surface area contributed by atoms with E-state index < -0.39 is 0 Å². The SMILES string of the molecule is c1ccc(N(c2cccc3c2ccc2c4ccccc4ccc32)c2cccc3c2oc2ccccc23)cc1. The maximum atomic E-state index is 6.50. The summed E-state index contributed by atoms with van der Waals surface area (Å²) < 4.78 is 6.50. The molecule has 0 spiro atoms. The normalized spacial score (nSPS) is 11.7. The molecule has 0 aliphatic rings. The fourth-order valence-corrected chi connectivity index (χ4v) is 5.93. The number of hydrogen-bond donors (Lipinski definition) is 0. The Labute approximate surface area is 220 Å². The van der Waals surface area contributed by atoms with Crippen LogP contribution in [0.1, 0.15) is 0 Å². The molecule has 0 aliphatic heterocycles. The Bertz CT molecular complexity index is 2140. The van der Waals surface area contributed by atoms with E-state index in [0.29, 0.717) is 0 Å². The van der Waals surface area contributed by atoms with Crippen molar-refractivity contribution in [1.82, 2.24) is 0 Å². The largest absolute Gasteiger partial charge is 0.454 e. The van der Waals surface area contributed by atoms with E-state index in [0.717, 1.165) is 39.0 Å². The second kappa shape index (κ2) is 8.22. The third-order valence-electron chi connectivity index (χ3n) is 7.64. The van der Waals surface area contributed by atoms with Crippen molar-refractivity contribution in [3.05, 3.63) is 140 Å². The van der Waals surface area contributed by atoms with Crippen LogP contribution in [0.2, 0.25) is 0 Å². The van der Waals surface area contributed by atoms with Crippen molar-refractivity contribution in [2.24, 2.45) is 0 Å². The van der Waals surface area contributed by atoms with Crippen LogP contribution in [0.5, 0.6) is 0 Å². The fourth-order valence-electron chi connectivity index (χ4n) is 5.93. The lowest BCUT2D eigenvalue weighted by Crippen LogP contribution is -2.10. The van der Waals surface area contributed by atoms with Gasteiger partial charge in [-0.1, -0.05) is 109 Å². The number of anilines is 3. The first kappa shape index (κ1) is 21.0. The van der Waals surface area contributed by atoms with Crippen LogP contribution < -0.4 is 4.90 Å². The zero-order chi connectivity index (χ0) is 25.1. The van der Waals surface area contributed by atoms with E-state index in [1.54, 1.807) is 0 Å². The second-order valence-corrected chi connectivity index (χ2v) is 9.74. The molecule has 0 saturated carbocycles. The number of benzene rings is 7. The van der Waals surface area contributed by atoms with Crippen molar-refractivity contribution >= 4 is 71.3 Å². The number of nitrogens with zero attached hydrogens (tertiary/aromatic N) is 1. The topological polar surface area (TPSA) is 16.4 Å². The van der Waals surface area contributed by atoms with Crippen molar-refractivity contribution < 1.29 is 4.42 Å². The average Bonchev–Trinajstić information content (AvgIpc) is 3.37. The Morgan fingerprint density at radius 2 is 0.974 bits per heavy atom. The summed E-state index contributed by atoms with van der Waals surface area (Å²) in [6.45, 7) is 0. The molecule has 0 unspecified atom stereocenters. The zero-order valence-electron chi connectivity index (χ0n) is 20.6. The Morgan fingerprint density at radius 3 is 1.87 bits per heavy atom. The molecule has 8 rings (SSSR count). The quantitative estimate of drug-likeness (QED) is 0.231. The van der Waals surface area contributed by atoms with Crippen molar-refractivity contribution in [3.63, 3.8) is 0 Å². The molecule has 2 nitrogen and oxygen atoms in total. The molecule has 8 aromatic rings. The van der Waals surface area contributed by atoms with Gasteiger partial charge in [-0.3, -0.25) is 0 Å². The minimum absolute atomic E-state index is 0.890. The highest BCUT2D eigenvalue weighted by Gasteiger charge is 2.21. The van der Waals surface area contributed by atoms with E-state index in [2.05, 4.69) is 132 Å². The number of hydrogen-bond acceptors (Lipinski definition) is 2. The first-order valence-corrected chi connectivity index (χ1v) is 13.0. The maximum absolute atomic E-state index is 6.50. The lowest BCUT2D eigenvalue weighted by Gasteiger charge is -2.27. The highest BCUT2D eigenvalue weighted by Crippen LogP contribution is 2.45. The minimum Gasteiger partial charge on any atom is -0.454 e. The summed E-state index contributed by atoms with van der Waals surface area (Å²) in [7, 11) is 0. The van der Waals surface area contributed by atoms with Crippen LogP contribution in [0.25, 0.3) is 54.3 Å². The Kier molecular flexibility index (Phi) is 4.55. The van der Waals surface area contributed by atoms with Gasteiger partial charge in [-0.15, -0.1) is 0 Å². The molecule has 0 aliphatic carbocycles. The summed E-state index contributed by atoms with van der Waals surface area (Å²) in [6.07, 6.45) is 0. The van der Waals surface area contributed by atoms with E-state index >= 15 is 0 Å². The van der Waals surface area contributed by atoms with Crippen molar-refractivity contribution in [2.75, 3.05) is 4.90 Å². The number of para-hydroxylation sites is 3. The van der Waals surface area contributed by atoms with Gasteiger partial charge in [0.15, 0.2) is 5.58 Å². The molecule has 1 heterocycles. The summed E-state index contributed by atoms with van der Waals surface area (Å²) in [6, 6.07) is 49.5. The second-order valence-electron chi connectivity index (χ2n) is 9.74. The molecule has 38 heavy (non-hydrogen) atoms. The van der Waals surface area contributed by atoms with E-state index in [1.165, 1.54) is 32.3 Å². The molecule has 0 radical (unpaired) electrons. The Hall–Kier alpha value is -5.08. The predicted molar refractivity (Wildman–Crippen MR) is 161 cm³/mol. The summed E-state index contributed by atoms with van der Waals surface area (Å²) in [5.74, 6) is 0. The van der Waals surface area contributed by atoms with E-state index in [9.17, 15) is 0 Å². The van der Waals surface area contributed by atoms with Gasteiger partial charge in [0.25, 0.3) is 0 Å². The average molecular weight is 486 g/mol. The molecule has 178 valence electrons. The summed E-state index contributed by atoms with van der Waals surface area (Å²) in [5, 5.41) is 9.78. The molecule has 0 bridgehead atoms. The van der Waals surface area contributed by atoms with Crippen LogP contribution in [0.4, 0.5) is 17.1 Å². The lowest BCUT2D eigenvalue weighted by molar-refractivity contribution is 0.669. The molecule has 0 fully saturated rings. The molecule has 0 atom stereocenters. The van der Waals surface area contributed by atoms with E-state index in [1.807, 2.05) is 12.1 Å². The Morgan fingerprint density at radius 1 is 0.368 bits per heavy atom. The highest BCUT2D eigenvalue weighted by atomic mass is 16.3. The summed E-state index contributed by atoms with van der Waals surface area (Å²) >= 11 is 0. The van der Waals surface area contributed by atoms with Crippen molar-refractivity contribution in [2.45, 2.75) is 0 Å². The van der Waals surface area contributed by atoms with Crippen LogP contribution in [0.3, 0.4) is 0 Å². The molecule has 1 aromatic heterocycles. The lowest BCUT2D eigenvalue weighted by atomic mass is 9.96. The van der Waals surface area contributed by atoms with Gasteiger partial charge < -0.3 is 9.32 Å². The molecule has 7 aromatic carbocycles. The number of fused-ring (bicyclic) bond motifs is 8. The predicted octanol–water partition coefficient (Wildman–Crippen LogP) is 10.5. The third-order valence-corrected chi connectivity index (χ3v) is 7.64. The molecule has 0 amide bonds. The van der Waals surface area contributed by atoms with Crippen LogP contribution in [-0.4, -0.2) is 0 Å². The van der Waals surface area contributed by atoms with Crippen molar-refractivity contribution in [3.8, 4) is 0 Å². The minimum atomic E-state index is 0.890. The van der Waals surface area contributed by atoms with Crippen molar-refractivity contribution in [1.29, 1.82) is 0 Å². The maximum Gasteiger partial charge on any atom is 0.159 e. The van der Waals surface area contributed by atoms with Gasteiger partial charge in [-0.25, -0.2) is 0 Å². The number of rotatable bonds is 3. The van der Waals surface area contributed by atoms with Gasteiger partial charge in [0.1, 0.15) is 5.58 Å². The van der Waals surface area contributed by atoms with Gasteiger partial charge in [0, 0.05) is 21.8 Å². The summed E-state index contributed by atoms with van der Waals surface area (Å²) in [4.78, 5) is 2.33. The van der Waals surface area contributed by atoms with Crippen LogP contribution in [0, 0.1) is 0 Å². The van der Waals surface area contributed by atoms with E-state index in [4.69, 9.17) is 4.42 Å². The van der Waals surface area contributed by atoms with Gasteiger partial charge in [0.05, 0.1) is 11.4 Å².